The summed E-state index contributed by atoms with van der Waals surface area (Å²) in [5.74, 6) is 0.781. The van der Waals surface area contributed by atoms with Crippen LogP contribution in [-0.2, 0) is 21.7 Å². The number of phenolic OH excluding ortho intramolecular Hbond substituents is 2. The minimum absolute atomic E-state index is 0.142. The van der Waals surface area contributed by atoms with Crippen molar-refractivity contribution in [3.05, 3.63) is 93.0 Å². The molecule has 2 heteroatoms. The first-order chi connectivity index (χ1) is 16.3. The van der Waals surface area contributed by atoms with Gasteiger partial charge >= 0.3 is 0 Å². The van der Waals surface area contributed by atoms with Crippen LogP contribution in [0.5, 0.6) is 11.5 Å². The molecule has 0 fully saturated rings. The minimum atomic E-state index is -0.371. The highest BCUT2D eigenvalue weighted by molar-refractivity contribution is 5.56. The number of benzene rings is 3. The summed E-state index contributed by atoms with van der Waals surface area (Å²) in [5, 5.41) is 22.6. The lowest BCUT2D eigenvalue weighted by Gasteiger charge is -2.33. The Morgan fingerprint density at radius 3 is 0.944 bits per heavy atom. The van der Waals surface area contributed by atoms with E-state index in [1.54, 1.807) is 0 Å². The molecule has 0 amide bonds. The van der Waals surface area contributed by atoms with Crippen molar-refractivity contribution in [1.82, 2.24) is 0 Å². The maximum Gasteiger partial charge on any atom is 0.123 e. The van der Waals surface area contributed by atoms with Gasteiger partial charge < -0.3 is 10.2 Å². The fraction of sp³-hybridized carbons (Fsp3) is 0.471. The largest absolute Gasteiger partial charge is 0.507 e. The standard InChI is InChI=1S/C34H46O2/c1-21-17-25(31(3,4)5)29(35)27(19-21)33(9,10)23-13-15-24(16-14-23)34(11,12)28-20-22(2)18-26(30(28)36)32(6,7)8/h13-20,35-36H,1-12H3. The van der Waals surface area contributed by atoms with Crippen molar-refractivity contribution in [3.63, 3.8) is 0 Å². The van der Waals surface area contributed by atoms with Gasteiger partial charge in [-0.15, -0.1) is 0 Å². The van der Waals surface area contributed by atoms with Crippen molar-refractivity contribution < 1.29 is 10.2 Å². The summed E-state index contributed by atoms with van der Waals surface area (Å²) in [7, 11) is 0. The van der Waals surface area contributed by atoms with E-state index in [4.69, 9.17) is 0 Å². The Bertz CT molecular complexity index is 1160. The maximum atomic E-state index is 11.3. The van der Waals surface area contributed by atoms with Crippen LogP contribution in [0.15, 0.2) is 48.5 Å². The Morgan fingerprint density at radius 1 is 0.444 bits per heavy atom. The monoisotopic (exact) mass is 486 g/mol. The number of phenols is 2. The Morgan fingerprint density at radius 2 is 0.694 bits per heavy atom. The van der Waals surface area contributed by atoms with E-state index >= 15 is 0 Å². The average molecular weight is 487 g/mol. The van der Waals surface area contributed by atoms with Crippen molar-refractivity contribution >= 4 is 0 Å². The van der Waals surface area contributed by atoms with Gasteiger partial charge in [-0.25, -0.2) is 0 Å². The predicted octanol–water partition coefficient (Wildman–Crippen LogP) is 8.96. The first-order valence-corrected chi connectivity index (χ1v) is 13.1. The van der Waals surface area contributed by atoms with Gasteiger partial charge in [0.2, 0.25) is 0 Å². The molecule has 3 aromatic rings. The summed E-state index contributed by atoms with van der Waals surface area (Å²) in [4.78, 5) is 0. The molecule has 36 heavy (non-hydrogen) atoms. The lowest BCUT2D eigenvalue weighted by molar-refractivity contribution is 0.426. The van der Waals surface area contributed by atoms with Gasteiger partial charge in [0.25, 0.3) is 0 Å². The maximum absolute atomic E-state index is 11.3. The number of hydrogen-bond acceptors (Lipinski definition) is 2. The van der Waals surface area contributed by atoms with E-state index in [1.165, 1.54) is 0 Å². The Balaban J connectivity index is 2.09. The lowest BCUT2D eigenvalue weighted by atomic mass is 9.71. The number of hydrogen-bond donors (Lipinski definition) is 2. The van der Waals surface area contributed by atoms with E-state index in [1.807, 2.05) is 0 Å². The molecule has 0 unspecified atom stereocenters. The number of rotatable bonds is 4. The van der Waals surface area contributed by atoms with E-state index in [0.717, 1.165) is 44.5 Å². The Kier molecular flexibility index (Phi) is 6.94. The Labute approximate surface area is 219 Å². The molecule has 0 aliphatic carbocycles. The predicted molar refractivity (Wildman–Crippen MR) is 154 cm³/mol. The van der Waals surface area contributed by atoms with Crippen LogP contribution in [0, 0.1) is 13.8 Å². The topological polar surface area (TPSA) is 40.5 Å². The molecule has 0 aliphatic heterocycles. The fourth-order valence-electron chi connectivity index (χ4n) is 5.27. The molecule has 0 bridgehead atoms. The van der Waals surface area contributed by atoms with Crippen LogP contribution < -0.4 is 0 Å². The Hall–Kier alpha value is -2.74. The van der Waals surface area contributed by atoms with E-state index in [0.29, 0.717) is 11.5 Å². The van der Waals surface area contributed by atoms with Gasteiger partial charge in [-0.3, -0.25) is 0 Å². The molecule has 2 N–H and O–H groups in total. The van der Waals surface area contributed by atoms with E-state index in [2.05, 4.69) is 132 Å². The molecule has 0 spiro atoms. The van der Waals surface area contributed by atoms with Crippen molar-refractivity contribution in [2.24, 2.45) is 0 Å². The van der Waals surface area contributed by atoms with Gasteiger partial charge in [0.15, 0.2) is 0 Å². The van der Waals surface area contributed by atoms with Gasteiger partial charge in [0.1, 0.15) is 11.5 Å². The summed E-state index contributed by atoms with van der Waals surface area (Å²) in [6, 6.07) is 17.1. The van der Waals surface area contributed by atoms with Crippen LogP contribution in [0.4, 0.5) is 0 Å². The van der Waals surface area contributed by atoms with E-state index in [-0.39, 0.29) is 21.7 Å². The van der Waals surface area contributed by atoms with Gasteiger partial charge in [0, 0.05) is 22.0 Å². The van der Waals surface area contributed by atoms with E-state index < -0.39 is 0 Å². The second kappa shape index (κ2) is 8.98. The van der Waals surface area contributed by atoms with Crippen molar-refractivity contribution in [1.29, 1.82) is 0 Å². The highest BCUT2D eigenvalue weighted by Crippen LogP contribution is 2.45. The van der Waals surface area contributed by atoms with Gasteiger partial charge in [0.05, 0.1) is 0 Å². The van der Waals surface area contributed by atoms with Gasteiger partial charge in [-0.2, -0.15) is 0 Å². The molecule has 0 heterocycles. The first-order valence-electron chi connectivity index (χ1n) is 13.1. The van der Waals surface area contributed by atoms with Crippen LogP contribution in [0.25, 0.3) is 0 Å². The normalized spacial score (nSPS) is 13.2. The highest BCUT2D eigenvalue weighted by atomic mass is 16.3. The molecule has 0 aromatic heterocycles. The molecule has 0 aliphatic rings. The van der Waals surface area contributed by atoms with Crippen LogP contribution in [-0.4, -0.2) is 10.2 Å². The fourth-order valence-corrected chi connectivity index (χ4v) is 5.27. The second-order valence-corrected chi connectivity index (χ2v) is 13.7. The quantitative estimate of drug-likeness (QED) is 0.386. The molecule has 2 nitrogen and oxygen atoms in total. The summed E-state index contributed by atoms with van der Waals surface area (Å²) in [5.41, 5.74) is 7.43. The first kappa shape index (κ1) is 27.8. The van der Waals surface area contributed by atoms with Crippen molar-refractivity contribution in [2.45, 2.75) is 105 Å². The summed E-state index contributed by atoms with van der Waals surface area (Å²) in [6.45, 7) is 25.7. The second-order valence-electron chi connectivity index (χ2n) is 13.7. The molecule has 194 valence electrons. The third kappa shape index (κ3) is 5.05. The zero-order chi connectivity index (χ0) is 27.4. The zero-order valence-electron chi connectivity index (χ0n) is 24.5. The molecule has 0 saturated heterocycles. The molecule has 3 aromatic carbocycles. The summed E-state index contributed by atoms with van der Waals surface area (Å²) in [6.07, 6.45) is 0. The molecule has 0 radical (unpaired) electrons. The zero-order valence-corrected chi connectivity index (χ0v) is 24.5. The van der Waals surface area contributed by atoms with Gasteiger partial charge in [-0.05, 0) is 46.9 Å². The number of aromatic hydroxyl groups is 2. The molecular weight excluding hydrogens is 440 g/mol. The van der Waals surface area contributed by atoms with Crippen LogP contribution in [0.2, 0.25) is 0 Å². The molecule has 0 atom stereocenters. The smallest absolute Gasteiger partial charge is 0.123 e. The summed E-state index contributed by atoms with van der Waals surface area (Å²) >= 11 is 0. The van der Waals surface area contributed by atoms with Crippen molar-refractivity contribution in [2.75, 3.05) is 0 Å². The molecule has 3 rings (SSSR count). The van der Waals surface area contributed by atoms with Gasteiger partial charge in [-0.1, -0.05) is 129 Å². The average Bonchev–Trinajstić information content (AvgIpc) is 2.74. The number of aryl methyl sites for hydroxylation is 2. The van der Waals surface area contributed by atoms with Crippen molar-refractivity contribution in [3.8, 4) is 11.5 Å². The van der Waals surface area contributed by atoms with Crippen LogP contribution in [0.1, 0.15) is 114 Å². The molecular formula is C34H46O2. The van der Waals surface area contributed by atoms with Crippen LogP contribution in [0.3, 0.4) is 0 Å². The third-order valence-corrected chi connectivity index (χ3v) is 7.80. The summed E-state index contributed by atoms with van der Waals surface area (Å²) < 4.78 is 0. The third-order valence-electron chi connectivity index (χ3n) is 7.80. The van der Waals surface area contributed by atoms with E-state index in [9.17, 15) is 10.2 Å². The SMILES string of the molecule is Cc1cc(C(C)(C)C)c(O)c(C(C)(C)c2ccc(C(C)(C)c3cc(C)cc(C(C)(C)C)c3O)cc2)c1. The minimum Gasteiger partial charge on any atom is -0.507 e. The highest BCUT2D eigenvalue weighted by Gasteiger charge is 2.33. The lowest BCUT2D eigenvalue weighted by Crippen LogP contribution is -2.24. The molecule has 0 saturated carbocycles. The van der Waals surface area contributed by atoms with Crippen LogP contribution >= 0.6 is 0 Å².